The van der Waals surface area contributed by atoms with E-state index in [-0.39, 0.29) is 17.8 Å². The normalized spacial score (nSPS) is 11.7. The number of aromatic amines is 1. The maximum absolute atomic E-state index is 14.4. The number of hydrogen-bond donors (Lipinski definition) is 3. The zero-order valence-electron chi connectivity index (χ0n) is 18.1. The Kier molecular flexibility index (Phi) is 7.01. The first-order valence-electron chi connectivity index (χ1n) is 10.3. The summed E-state index contributed by atoms with van der Waals surface area (Å²) in [5.41, 5.74) is 0.796. The Bertz CT molecular complexity index is 1370. The molecule has 0 aliphatic rings. The fourth-order valence-electron chi connectivity index (χ4n) is 3.63. The van der Waals surface area contributed by atoms with Crippen LogP contribution in [0.1, 0.15) is 11.6 Å². The number of H-pyrrole nitrogens is 1. The third kappa shape index (κ3) is 4.98. The number of carbonyl (C=O) groups excluding carboxylic acids is 1. The van der Waals surface area contributed by atoms with Crippen LogP contribution in [0.25, 0.3) is 11.3 Å². The molecule has 0 aliphatic carbocycles. The molecule has 0 fully saturated rings. The first-order chi connectivity index (χ1) is 16.4. The maximum atomic E-state index is 14.4. The zero-order valence-corrected chi connectivity index (χ0v) is 20.2. The first-order valence-corrected chi connectivity index (χ1v) is 11.4. The molecule has 0 saturated heterocycles. The number of rotatable bonds is 7. The monoisotopic (exact) mass is 573 g/mol. The standard InChI is InChI=1S/C25H21FIN3O4/c1-34-18-10-7-16(8-11-18)22-24(32)30(25(33)29-22)21(13-15-5-3-2-4-6-15)23(31)28-20-12-9-17(27)14-19(20)26/h2-12,14,21,32H,13H2,1H3,(H,28,31)(H,29,33)/t21-/m0/s1. The molecular formula is C25H21FIN3O4. The van der Waals surface area contributed by atoms with Crippen LogP contribution in [-0.2, 0) is 11.2 Å². The van der Waals surface area contributed by atoms with Crippen molar-refractivity contribution in [2.45, 2.75) is 12.5 Å². The van der Waals surface area contributed by atoms with Crippen molar-refractivity contribution < 1.29 is 19.0 Å². The van der Waals surface area contributed by atoms with Crippen LogP contribution in [0, 0.1) is 9.39 Å². The van der Waals surface area contributed by atoms with Crippen LogP contribution in [0.3, 0.4) is 0 Å². The van der Waals surface area contributed by atoms with E-state index in [1.807, 2.05) is 52.9 Å². The molecule has 0 bridgehead atoms. The van der Waals surface area contributed by atoms with Crippen molar-refractivity contribution in [1.29, 1.82) is 0 Å². The van der Waals surface area contributed by atoms with Crippen LogP contribution in [0.4, 0.5) is 10.1 Å². The van der Waals surface area contributed by atoms with Crippen LogP contribution < -0.4 is 15.7 Å². The second-order valence-electron chi connectivity index (χ2n) is 7.55. The predicted octanol–water partition coefficient (Wildman–Crippen LogP) is 4.72. The number of aromatic hydroxyl groups is 1. The minimum absolute atomic E-state index is 0.0121. The molecule has 1 atom stereocenters. The number of amides is 1. The number of nitrogens with zero attached hydrogens (tertiary/aromatic N) is 1. The van der Waals surface area contributed by atoms with Gasteiger partial charge in [0.15, 0.2) is 0 Å². The summed E-state index contributed by atoms with van der Waals surface area (Å²) in [5, 5.41) is 13.5. The van der Waals surface area contributed by atoms with Crippen molar-refractivity contribution in [1.82, 2.24) is 9.55 Å². The van der Waals surface area contributed by atoms with E-state index in [2.05, 4.69) is 10.3 Å². The number of nitrogens with one attached hydrogen (secondary N) is 2. The van der Waals surface area contributed by atoms with Gasteiger partial charge < -0.3 is 20.1 Å². The number of ether oxygens (including phenoxy) is 1. The molecule has 1 amide bonds. The quantitative estimate of drug-likeness (QED) is 0.279. The Labute approximate surface area is 208 Å². The Morgan fingerprint density at radius 3 is 2.50 bits per heavy atom. The molecule has 0 unspecified atom stereocenters. The molecule has 1 heterocycles. The fraction of sp³-hybridized carbons (Fsp3) is 0.120. The van der Waals surface area contributed by atoms with Gasteiger partial charge in [0.05, 0.1) is 12.8 Å². The lowest BCUT2D eigenvalue weighted by atomic mass is 10.0. The highest BCUT2D eigenvalue weighted by Gasteiger charge is 2.28. The van der Waals surface area contributed by atoms with Gasteiger partial charge in [0.1, 0.15) is 23.3 Å². The number of halogens is 2. The van der Waals surface area contributed by atoms with Gasteiger partial charge in [0, 0.05) is 15.6 Å². The van der Waals surface area contributed by atoms with Gasteiger partial charge in [-0.25, -0.2) is 13.8 Å². The molecule has 34 heavy (non-hydrogen) atoms. The summed E-state index contributed by atoms with van der Waals surface area (Å²) < 4.78 is 21.2. The van der Waals surface area contributed by atoms with Crippen molar-refractivity contribution in [2.24, 2.45) is 0 Å². The zero-order chi connectivity index (χ0) is 24.2. The van der Waals surface area contributed by atoms with Crippen molar-refractivity contribution >= 4 is 34.2 Å². The molecule has 9 heteroatoms. The molecule has 3 aromatic carbocycles. The van der Waals surface area contributed by atoms with E-state index in [0.29, 0.717) is 14.9 Å². The second-order valence-corrected chi connectivity index (χ2v) is 8.79. The van der Waals surface area contributed by atoms with Gasteiger partial charge in [-0.1, -0.05) is 30.3 Å². The molecule has 174 valence electrons. The Morgan fingerprint density at radius 2 is 1.85 bits per heavy atom. The van der Waals surface area contributed by atoms with E-state index in [1.54, 1.807) is 30.3 Å². The molecule has 0 saturated carbocycles. The van der Waals surface area contributed by atoms with Crippen LogP contribution in [-0.4, -0.2) is 27.7 Å². The maximum Gasteiger partial charge on any atom is 0.329 e. The third-order valence-corrected chi connectivity index (χ3v) is 6.03. The summed E-state index contributed by atoms with van der Waals surface area (Å²) in [6, 6.07) is 19.1. The minimum atomic E-state index is -1.14. The SMILES string of the molecule is COc1ccc(-c2[nH]c(=O)n([C@@H](Cc3ccccc3)C(=O)Nc3ccc(I)cc3F)c2O)cc1. The molecule has 0 aliphatic heterocycles. The summed E-state index contributed by atoms with van der Waals surface area (Å²) in [4.78, 5) is 28.9. The van der Waals surface area contributed by atoms with E-state index in [0.717, 1.165) is 10.1 Å². The van der Waals surface area contributed by atoms with Crippen LogP contribution in [0.15, 0.2) is 77.6 Å². The number of aromatic nitrogens is 2. The van der Waals surface area contributed by atoms with Crippen molar-refractivity contribution in [3.8, 4) is 22.9 Å². The first kappa shape index (κ1) is 23.6. The highest BCUT2D eigenvalue weighted by Crippen LogP contribution is 2.31. The lowest BCUT2D eigenvalue weighted by molar-refractivity contribution is -0.119. The van der Waals surface area contributed by atoms with E-state index in [1.165, 1.54) is 19.2 Å². The number of methoxy groups -OCH3 is 1. The molecule has 0 radical (unpaired) electrons. The van der Waals surface area contributed by atoms with Gasteiger partial charge >= 0.3 is 5.69 Å². The summed E-state index contributed by atoms with van der Waals surface area (Å²) >= 11 is 1.97. The van der Waals surface area contributed by atoms with Crippen molar-refractivity contribution in [2.75, 3.05) is 12.4 Å². The molecule has 4 rings (SSSR count). The molecule has 1 aromatic heterocycles. The number of carbonyl (C=O) groups is 1. The number of anilines is 1. The fourth-order valence-corrected chi connectivity index (χ4v) is 4.09. The van der Waals surface area contributed by atoms with Crippen molar-refractivity contribution in [3.63, 3.8) is 0 Å². The lowest BCUT2D eigenvalue weighted by Gasteiger charge is -2.19. The largest absolute Gasteiger partial charge is 0.497 e. The third-order valence-electron chi connectivity index (χ3n) is 5.36. The lowest BCUT2D eigenvalue weighted by Crippen LogP contribution is -2.33. The highest BCUT2D eigenvalue weighted by atomic mass is 127. The summed E-state index contributed by atoms with van der Waals surface area (Å²) in [5.74, 6) is -1.01. The number of benzene rings is 3. The molecule has 3 N–H and O–H groups in total. The van der Waals surface area contributed by atoms with E-state index < -0.39 is 29.3 Å². The molecule has 7 nitrogen and oxygen atoms in total. The average molecular weight is 573 g/mol. The second kappa shape index (κ2) is 10.1. The van der Waals surface area contributed by atoms with Gasteiger partial charge in [-0.3, -0.25) is 4.79 Å². The van der Waals surface area contributed by atoms with Gasteiger partial charge in [-0.15, -0.1) is 0 Å². The van der Waals surface area contributed by atoms with Crippen molar-refractivity contribution in [3.05, 3.63) is 98.2 Å². The van der Waals surface area contributed by atoms with Gasteiger partial charge in [-0.2, -0.15) is 0 Å². The average Bonchev–Trinajstić information content (AvgIpc) is 3.13. The Hall–Kier alpha value is -3.60. The van der Waals surface area contributed by atoms with E-state index in [4.69, 9.17) is 4.74 Å². The smallest absolute Gasteiger partial charge is 0.329 e. The summed E-state index contributed by atoms with van der Waals surface area (Å²) in [6.45, 7) is 0. The molecular weight excluding hydrogens is 552 g/mol. The van der Waals surface area contributed by atoms with E-state index >= 15 is 0 Å². The summed E-state index contributed by atoms with van der Waals surface area (Å²) in [7, 11) is 1.54. The van der Waals surface area contributed by atoms with Gasteiger partial charge in [-0.05, 0) is 70.6 Å². The molecule has 0 spiro atoms. The Morgan fingerprint density at radius 1 is 1.15 bits per heavy atom. The van der Waals surface area contributed by atoms with Gasteiger partial charge in [0.25, 0.3) is 0 Å². The van der Waals surface area contributed by atoms with Crippen LogP contribution in [0.2, 0.25) is 0 Å². The molecule has 4 aromatic rings. The highest BCUT2D eigenvalue weighted by molar-refractivity contribution is 14.1. The Balaban J connectivity index is 1.74. The topological polar surface area (TPSA) is 96.4 Å². The number of hydrogen-bond acceptors (Lipinski definition) is 4. The predicted molar refractivity (Wildman–Crippen MR) is 136 cm³/mol. The van der Waals surface area contributed by atoms with Crippen LogP contribution in [0.5, 0.6) is 11.6 Å². The minimum Gasteiger partial charge on any atom is -0.497 e. The number of imidazole rings is 1. The van der Waals surface area contributed by atoms with E-state index in [9.17, 15) is 19.1 Å². The summed E-state index contributed by atoms with van der Waals surface area (Å²) in [6.07, 6.45) is 0.103. The van der Waals surface area contributed by atoms with Gasteiger partial charge in [0.2, 0.25) is 11.8 Å². The van der Waals surface area contributed by atoms with Crippen LogP contribution >= 0.6 is 22.6 Å².